The zero-order valence-corrected chi connectivity index (χ0v) is 19.8. The highest BCUT2D eigenvalue weighted by atomic mass is 32.1. The quantitative estimate of drug-likeness (QED) is 0.569. The highest BCUT2D eigenvalue weighted by molar-refractivity contribution is 7.20. The summed E-state index contributed by atoms with van der Waals surface area (Å²) in [6.45, 7) is 3.60. The molecular formula is C24H29N3O5S. The molecular weight excluding hydrogens is 442 g/mol. The van der Waals surface area contributed by atoms with Crippen molar-refractivity contribution >= 4 is 27.5 Å². The standard InChI is InChI=1S/C24H29N3O5S/c1-16-19-21(29)26(13-8-17-6-4-3-5-7-17)24(31)27(14-15-32-2)23(19)33-20(16)22(30)25-11-9-18(28)10-12-25/h3-7,18,28H,8-15H2,1-2H3. The third-order valence-electron chi connectivity index (χ3n) is 6.23. The van der Waals surface area contributed by atoms with Gasteiger partial charge in [-0.05, 0) is 37.3 Å². The van der Waals surface area contributed by atoms with Gasteiger partial charge in [0.25, 0.3) is 11.5 Å². The molecule has 4 rings (SSSR count). The summed E-state index contributed by atoms with van der Waals surface area (Å²) >= 11 is 1.20. The number of aromatic nitrogens is 2. The molecule has 1 aliphatic heterocycles. The van der Waals surface area contributed by atoms with Crippen molar-refractivity contribution in [2.24, 2.45) is 0 Å². The Morgan fingerprint density at radius 3 is 2.48 bits per heavy atom. The molecule has 0 aliphatic carbocycles. The van der Waals surface area contributed by atoms with Crippen molar-refractivity contribution < 1.29 is 14.6 Å². The van der Waals surface area contributed by atoms with Crippen LogP contribution in [0.25, 0.3) is 10.2 Å². The molecule has 1 N–H and O–H groups in total. The van der Waals surface area contributed by atoms with Crippen LogP contribution in [-0.4, -0.2) is 58.0 Å². The van der Waals surface area contributed by atoms with E-state index < -0.39 is 0 Å². The summed E-state index contributed by atoms with van der Waals surface area (Å²) in [7, 11) is 1.56. The van der Waals surface area contributed by atoms with Crippen LogP contribution in [-0.2, 0) is 24.2 Å². The zero-order valence-electron chi connectivity index (χ0n) is 19.0. The van der Waals surface area contributed by atoms with Gasteiger partial charge in [0, 0.05) is 26.7 Å². The lowest BCUT2D eigenvalue weighted by Crippen LogP contribution is -2.41. The molecule has 176 valence electrons. The van der Waals surface area contributed by atoms with E-state index in [-0.39, 0.29) is 29.8 Å². The Labute approximate surface area is 195 Å². The third-order valence-corrected chi connectivity index (χ3v) is 7.53. The number of hydrogen-bond acceptors (Lipinski definition) is 6. The Hall–Kier alpha value is -2.75. The second-order valence-corrected chi connectivity index (χ2v) is 9.38. The number of rotatable bonds is 7. The summed E-state index contributed by atoms with van der Waals surface area (Å²) in [5.74, 6) is -0.151. The van der Waals surface area contributed by atoms with Crippen molar-refractivity contribution in [1.29, 1.82) is 0 Å². The number of ether oxygens (including phenoxy) is 1. The first-order chi connectivity index (χ1) is 15.9. The van der Waals surface area contributed by atoms with Gasteiger partial charge >= 0.3 is 5.69 Å². The molecule has 9 heteroatoms. The molecule has 0 spiro atoms. The van der Waals surface area contributed by atoms with Crippen LogP contribution in [0.3, 0.4) is 0 Å². The first-order valence-electron chi connectivity index (χ1n) is 11.2. The molecule has 1 aliphatic rings. The van der Waals surface area contributed by atoms with E-state index in [2.05, 4.69) is 0 Å². The Kier molecular flexibility index (Phi) is 7.11. The average molecular weight is 472 g/mol. The number of methoxy groups -OCH3 is 1. The number of piperidine rings is 1. The number of benzene rings is 1. The molecule has 33 heavy (non-hydrogen) atoms. The fourth-order valence-electron chi connectivity index (χ4n) is 4.27. The maximum Gasteiger partial charge on any atom is 0.332 e. The van der Waals surface area contributed by atoms with Crippen LogP contribution in [0.15, 0.2) is 39.9 Å². The van der Waals surface area contributed by atoms with Crippen LogP contribution in [0.2, 0.25) is 0 Å². The fourth-order valence-corrected chi connectivity index (χ4v) is 5.56. The number of nitrogens with zero attached hydrogens (tertiary/aromatic N) is 3. The lowest BCUT2D eigenvalue weighted by Gasteiger charge is -2.29. The van der Waals surface area contributed by atoms with E-state index in [9.17, 15) is 19.5 Å². The maximum atomic E-state index is 13.4. The van der Waals surface area contributed by atoms with E-state index >= 15 is 0 Å². The van der Waals surface area contributed by atoms with Gasteiger partial charge in [0.15, 0.2) is 0 Å². The van der Waals surface area contributed by atoms with E-state index in [4.69, 9.17) is 4.74 Å². The van der Waals surface area contributed by atoms with E-state index in [0.717, 1.165) is 5.56 Å². The number of amides is 1. The number of aliphatic hydroxyl groups excluding tert-OH is 1. The summed E-state index contributed by atoms with van der Waals surface area (Å²) in [5, 5.41) is 10.2. The van der Waals surface area contributed by atoms with Gasteiger partial charge in [-0.2, -0.15) is 0 Å². The van der Waals surface area contributed by atoms with Crippen LogP contribution in [0.1, 0.15) is 33.6 Å². The molecule has 8 nitrogen and oxygen atoms in total. The molecule has 0 atom stereocenters. The number of aryl methyl sites for hydroxylation is 2. The van der Waals surface area contributed by atoms with Gasteiger partial charge in [-0.15, -0.1) is 11.3 Å². The first kappa shape index (κ1) is 23.4. The van der Waals surface area contributed by atoms with Gasteiger partial charge in [-0.3, -0.25) is 18.7 Å². The molecule has 1 saturated heterocycles. The van der Waals surface area contributed by atoms with Crippen LogP contribution in [0.4, 0.5) is 0 Å². The maximum absolute atomic E-state index is 13.4. The van der Waals surface area contributed by atoms with E-state index in [1.54, 1.807) is 23.5 Å². The Bertz CT molecular complexity index is 1250. The van der Waals surface area contributed by atoms with Gasteiger partial charge < -0.3 is 14.7 Å². The summed E-state index contributed by atoms with van der Waals surface area (Å²) in [4.78, 5) is 42.7. The fraction of sp³-hybridized carbons (Fsp3) is 0.458. The number of likely N-dealkylation sites (tertiary alicyclic amines) is 1. The van der Waals surface area contributed by atoms with Crippen LogP contribution in [0, 0.1) is 6.92 Å². The van der Waals surface area contributed by atoms with Crippen LogP contribution < -0.4 is 11.2 Å². The SMILES string of the molecule is COCCn1c(=O)n(CCc2ccccc2)c(=O)c2c(C)c(C(=O)N3CCC(O)CC3)sc21. The van der Waals surface area contributed by atoms with Crippen molar-refractivity contribution in [2.45, 2.75) is 45.4 Å². The predicted octanol–water partition coefficient (Wildman–Crippen LogP) is 2.02. The van der Waals surface area contributed by atoms with Crippen LogP contribution >= 0.6 is 11.3 Å². The lowest BCUT2D eigenvalue weighted by atomic mass is 10.1. The smallest absolute Gasteiger partial charge is 0.332 e. The van der Waals surface area contributed by atoms with Crippen molar-refractivity contribution in [3.05, 3.63) is 67.2 Å². The number of thiophene rings is 1. The number of hydrogen-bond donors (Lipinski definition) is 1. The van der Waals surface area contributed by atoms with E-state index in [1.165, 1.54) is 15.9 Å². The molecule has 0 bridgehead atoms. The van der Waals surface area contributed by atoms with E-state index in [1.807, 2.05) is 30.3 Å². The number of aliphatic hydroxyl groups is 1. The second kappa shape index (κ2) is 10.0. The molecule has 0 radical (unpaired) electrons. The number of fused-ring (bicyclic) bond motifs is 1. The number of carbonyl (C=O) groups excluding carboxylic acids is 1. The molecule has 0 saturated carbocycles. The van der Waals surface area contributed by atoms with Gasteiger partial charge in [0.1, 0.15) is 4.83 Å². The molecule has 1 amide bonds. The summed E-state index contributed by atoms with van der Waals surface area (Å²) < 4.78 is 8.03. The molecule has 1 aromatic carbocycles. The van der Waals surface area contributed by atoms with Crippen LogP contribution in [0.5, 0.6) is 0 Å². The van der Waals surface area contributed by atoms with Crippen molar-refractivity contribution in [3.8, 4) is 0 Å². The van der Waals surface area contributed by atoms with Crippen molar-refractivity contribution in [3.63, 3.8) is 0 Å². The van der Waals surface area contributed by atoms with Crippen molar-refractivity contribution in [1.82, 2.24) is 14.0 Å². The average Bonchev–Trinajstić information content (AvgIpc) is 3.16. The normalized spacial score (nSPS) is 14.8. The van der Waals surface area contributed by atoms with Gasteiger partial charge in [-0.25, -0.2) is 4.79 Å². The van der Waals surface area contributed by atoms with Gasteiger partial charge in [0.2, 0.25) is 0 Å². The first-order valence-corrected chi connectivity index (χ1v) is 12.0. The van der Waals surface area contributed by atoms with E-state index in [0.29, 0.717) is 66.2 Å². The number of carbonyl (C=O) groups is 1. The minimum atomic E-state index is -0.387. The molecule has 2 aromatic heterocycles. The summed E-state index contributed by atoms with van der Waals surface area (Å²) in [5.41, 5.74) is 0.900. The minimum Gasteiger partial charge on any atom is -0.393 e. The molecule has 0 unspecified atom stereocenters. The third kappa shape index (κ3) is 4.66. The zero-order chi connectivity index (χ0) is 23.5. The predicted molar refractivity (Wildman–Crippen MR) is 128 cm³/mol. The summed E-state index contributed by atoms with van der Waals surface area (Å²) in [6.07, 6.45) is 1.26. The Morgan fingerprint density at radius 2 is 1.82 bits per heavy atom. The van der Waals surface area contributed by atoms with Crippen molar-refractivity contribution in [2.75, 3.05) is 26.8 Å². The van der Waals surface area contributed by atoms with Gasteiger partial charge in [0.05, 0.1) is 29.5 Å². The highest BCUT2D eigenvalue weighted by Crippen LogP contribution is 2.30. The minimum absolute atomic E-state index is 0.151. The summed E-state index contributed by atoms with van der Waals surface area (Å²) in [6, 6.07) is 9.72. The monoisotopic (exact) mass is 471 g/mol. The largest absolute Gasteiger partial charge is 0.393 e. The Morgan fingerprint density at radius 1 is 1.12 bits per heavy atom. The topological polar surface area (TPSA) is 93.8 Å². The second-order valence-electron chi connectivity index (χ2n) is 8.38. The molecule has 3 aromatic rings. The van der Waals surface area contributed by atoms with Gasteiger partial charge in [-0.1, -0.05) is 30.3 Å². The molecule has 1 fully saturated rings. The lowest BCUT2D eigenvalue weighted by molar-refractivity contribution is 0.0550. The Balaban J connectivity index is 1.78. The molecule has 3 heterocycles. The highest BCUT2D eigenvalue weighted by Gasteiger charge is 2.28.